The van der Waals surface area contributed by atoms with E-state index in [0.29, 0.717) is 6.04 Å². The molecule has 0 bridgehead atoms. The van der Waals surface area contributed by atoms with Crippen molar-refractivity contribution in [2.24, 2.45) is 0 Å². The maximum Gasteiger partial charge on any atom is 0.147 e. The molecule has 2 aliphatic rings. The number of aryl methyl sites for hydroxylation is 1. The summed E-state index contributed by atoms with van der Waals surface area (Å²) in [4.78, 5) is 0. The van der Waals surface area contributed by atoms with E-state index in [1.54, 1.807) is 0 Å². The van der Waals surface area contributed by atoms with Gasteiger partial charge in [0, 0.05) is 24.3 Å². The van der Waals surface area contributed by atoms with E-state index >= 15 is 0 Å². The summed E-state index contributed by atoms with van der Waals surface area (Å²) in [6.45, 7) is 4.25. The second-order valence-electron chi connectivity index (χ2n) is 5.55. The molecule has 1 aromatic heterocycles. The molecule has 1 N–H and O–H groups in total. The second kappa shape index (κ2) is 6.27. The van der Waals surface area contributed by atoms with Gasteiger partial charge < -0.3 is 9.88 Å². The maximum absolute atomic E-state index is 4.37. The van der Waals surface area contributed by atoms with Crippen molar-refractivity contribution >= 4 is 11.8 Å². The van der Waals surface area contributed by atoms with Gasteiger partial charge in [0.1, 0.15) is 11.6 Å². The Kier molecular flexibility index (Phi) is 4.43. The van der Waals surface area contributed by atoms with Gasteiger partial charge in [0.05, 0.1) is 6.54 Å². The van der Waals surface area contributed by atoms with Crippen molar-refractivity contribution in [2.75, 3.05) is 5.75 Å². The Hall–Kier alpha value is -0.550. The molecule has 2 heterocycles. The minimum atomic E-state index is 0.668. The summed E-state index contributed by atoms with van der Waals surface area (Å²) in [5, 5.41) is 13.2. The molecule has 1 aliphatic carbocycles. The highest BCUT2D eigenvalue weighted by atomic mass is 32.2. The molecule has 0 saturated heterocycles. The van der Waals surface area contributed by atoms with Gasteiger partial charge in [-0.3, -0.25) is 0 Å². The molecule has 19 heavy (non-hydrogen) atoms. The van der Waals surface area contributed by atoms with E-state index < -0.39 is 0 Å². The van der Waals surface area contributed by atoms with Crippen LogP contribution in [-0.4, -0.2) is 31.8 Å². The molecule has 3 rings (SSSR count). The largest absolute Gasteiger partial charge is 0.314 e. The standard InChI is InChI=1S/C14H24N4S/c1-2-19-12-7-5-6-11(12)15-10-14-17-16-13-8-3-4-9-18(13)14/h11-12,15H,2-10H2,1H3. The minimum absolute atomic E-state index is 0.668. The maximum atomic E-state index is 4.37. The highest BCUT2D eigenvalue weighted by Crippen LogP contribution is 2.30. The summed E-state index contributed by atoms with van der Waals surface area (Å²) in [6, 6.07) is 0.668. The number of nitrogens with one attached hydrogen (secondary N) is 1. The van der Waals surface area contributed by atoms with Crippen molar-refractivity contribution in [3.8, 4) is 0 Å². The van der Waals surface area contributed by atoms with Crippen LogP contribution in [0, 0.1) is 0 Å². The molecule has 1 fully saturated rings. The van der Waals surface area contributed by atoms with Crippen LogP contribution in [0.2, 0.25) is 0 Å². The molecule has 1 aliphatic heterocycles. The lowest BCUT2D eigenvalue weighted by Gasteiger charge is -2.21. The zero-order valence-electron chi connectivity index (χ0n) is 11.8. The minimum Gasteiger partial charge on any atom is -0.314 e. The van der Waals surface area contributed by atoms with E-state index in [9.17, 15) is 0 Å². The zero-order valence-corrected chi connectivity index (χ0v) is 12.6. The van der Waals surface area contributed by atoms with Gasteiger partial charge in [0.25, 0.3) is 0 Å². The van der Waals surface area contributed by atoms with Crippen molar-refractivity contribution in [1.82, 2.24) is 20.1 Å². The smallest absolute Gasteiger partial charge is 0.147 e. The first kappa shape index (κ1) is 13.4. The highest BCUT2D eigenvalue weighted by Gasteiger charge is 2.27. The van der Waals surface area contributed by atoms with Crippen LogP contribution in [0.4, 0.5) is 0 Å². The lowest BCUT2D eigenvalue weighted by atomic mass is 10.1. The Morgan fingerprint density at radius 1 is 1.26 bits per heavy atom. The van der Waals surface area contributed by atoms with Gasteiger partial charge in [-0.2, -0.15) is 11.8 Å². The Balaban J connectivity index is 1.58. The first-order valence-electron chi connectivity index (χ1n) is 7.64. The molecule has 2 atom stereocenters. The molecular weight excluding hydrogens is 256 g/mol. The van der Waals surface area contributed by atoms with Gasteiger partial charge in [-0.25, -0.2) is 0 Å². The topological polar surface area (TPSA) is 42.7 Å². The van der Waals surface area contributed by atoms with Crippen LogP contribution in [0.5, 0.6) is 0 Å². The van der Waals surface area contributed by atoms with Gasteiger partial charge in [-0.15, -0.1) is 10.2 Å². The van der Waals surface area contributed by atoms with Gasteiger partial charge in [-0.1, -0.05) is 13.3 Å². The SMILES string of the molecule is CCSC1CCCC1NCc1nnc2n1CCCC2. The number of nitrogens with zero attached hydrogens (tertiary/aromatic N) is 3. The molecule has 0 aromatic carbocycles. The van der Waals surface area contributed by atoms with Gasteiger partial charge >= 0.3 is 0 Å². The van der Waals surface area contributed by atoms with Crippen LogP contribution in [0.3, 0.4) is 0 Å². The van der Waals surface area contributed by atoms with Crippen molar-refractivity contribution in [1.29, 1.82) is 0 Å². The molecular formula is C14H24N4S. The van der Waals surface area contributed by atoms with Crippen LogP contribution in [0.1, 0.15) is 50.7 Å². The number of rotatable bonds is 5. The Bertz CT molecular complexity index is 418. The van der Waals surface area contributed by atoms with E-state index in [1.165, 1.54) is 43.7 Å². The number of hydrogen-bond acceptors (Lipinski definition) is 4. The van der Waals surface area contributed by atoms with Crippen LogP contribution in [0.25, 0.3) is 0 Å². The van der Waals surface area contributed by atoms with Crippen molar-refractivity contribution in [3.05, 3.63) is 11.6 Å². The quantitative estimate of drug-likeness (QED) is 0.899. The summed E-state index contributed by atoms with van der Waals surface area (Å²) in [6.07, 6.45) is 7.70. The van der Waals surface area contributed by atoms with Crippen LogP contribution in [0.15, 0.2) is 0 Å². The fraction of sp³-hybridized carbons (Fsp3) is 0.857. The van der Waals surface area contributed by atoms with Crippen molar-refractivity contribution < 1.29 is 0 Å². The summed E-state index contributed by atoms with van der Waals surface area (Å²) in [5.74, 6) is 3.55. The summed E-state index contributed by atoms with van der Waals surface area (Å²) < 4.78 is 2.33. The van der Waals surface area contributed by atoms with E-state index in [1.807, 2.05) is 0 Å². The Labute approximate surface area is 119 Å². The average Bonchev–Trinajstić information content (AvgIpc) is 3.04. The number of thioether (sulfide) groups is 1. The van der Waals surface area contributed by atoms with Crippen LogP contribution >= 0.6 is 11.8 Å². The molecule has 0 spiro atoms. The van der Waals surface area contributed by atoms with E-state index in [4.69, 9.17) is 0 Å². The number of fused-ring (bicyclic) bond motifs is 1. The van der Waals surface area contributed by atoms with Crippen molar-refractivity contribution in [2.45, 2.75) is 69.8 Å². The predicted octanol–water partition coefficient (Wildman–Crippen LogP) is 2.38. The van der Waals surface area contributed by atoms with E-state index in [2.05, 4.69) is 38.8 Å². The fourth-order valence-electron chi connectivity index (χ4n) is 3.29. The third kappa shape index (κ3) is 2.97. The van der Waals surface area contributed by atoms with E-state index in [-0.39, 0.29) is 0 Å². The molecule has 0 radical (unpaired) electrons. The van der Waals surface area contributed by atoms with Gasteiger partial charge in [0.15, 0.2) is 0 Å². The lowest BCUT2D eigenvalue weighted by Crippen LogP contribution is -2.34. The number of hydrogen-bond donors (Lipinski definition) is 1. The first-order chi connectivity index (χ1) is 9.38. The van der Waals surface area contributed by atoms with Gasteiger partial charge in [-0.05, 0) is 31.4 Å². The summed E-state index contributed by atoms with van der Waals surface area (Å²) in [7, 11) is 0. The van der Waals surface area contributed by atoms with Crippen LogP contribution in [-0.2, 0) is 19.5 Å². The monoisotopic (exact) mass is 280 g/mol. The normalized spacial score (nSPS) is 26.6. The van der Waals surface area contributed by atoms with Gasteiger partial charge in [0.2, 0.25) is 0 Å². The second-order valence-corrected chi connectivity index (χ2v) is 7.07. The fourth-order valence-corrected chi connectivity index (χ4v) is 4.52. The molecule has 1 aromatic rings. The molecule has 5 heteroatoms. The molecule has 0 amide bonds. The third-order valence-corrected chi connectivity index (χ3v) is 5.62. The highest BCUT2D eigenvalue weighted by molar-refractivity contribution is 7.99. The first-order valence-corrected chi connectivity index (χ1v) is 8.69. The van der Waals surface area contributed by atoms with Crippen molar-refractivity contribution in [3.63, 3.8) is 0 Å². The molecule has 4 nitrogen and oxygen atoms in total. The molecule has 106 valence electrons. The summed E-state index contributed by atoms with van der Waals surface area (Å²) in [5.41, 5.74) is 0. The van der Waals surface area contributed by atoms with Crippen LogP contribution < -0.4 is 5.32 Å². The Morgan fingerprint density at radius 3 is 3.11 bits per heavy atom. The zero-order chi connectivity index (χ0) is 13.1. The summed E-state index contributed by atoms with van der Waals surface area (Å²) >= 11 is 2.11. The van der Waals surface area contributed by atoms with E-state index in [0.717, 1.165) is 30.6 Å². The third-order valence-electron chi connectivity index (χ3n) is 4.29. The lowest BCUT2D eigenvalue weighted by molar-refractivity contribution is 0.473. The predicted molar refractivity (Wildman–Crippen MR) is 79.4 cm³/mol. The molecule has 2 unspecified atom stereocenters. The number of aromatic nitrogens is 3. The molecule has 1 saturated carbocycles. The Morgan fingerprint density at radius 2 is 2.21 bits per heavy atom. The average molecular weight is 280 g/mol.